The molecule has 3 atom stereocenters. The van der Waals surface area contributed by atoms with E-state index in [1.165, 1.54) is 11.8 Å². The Bertz CT molecular complexity index is 894. The number of hydrogen-bond donors (Lipinski definition) is 1. The molecule has 1 aliphatic rings. The zero-order chi connectivity index (χ0) is 21.8. The predicted molar refractivity (Wildman–Crippen MR) is 122 cm³/mol. The first kappa shape index (κ1) is 23.0. The molecule has 1 fully saturated rings. The van der Waals surface area contributed by atoms with Crippen molar-refractivity contribution in [2.24, 2.45) is 0 Å². The quantitative estimate of drug-likeness (QED) is 0.595. The average Bonchev–Trinajstić information content (AvgIpc) is 2.71. The van der Waals surface area contributed by atoms with Crippen LogP contribution in [-0.2, 0) is 20.3 Å². The van der Waals surface area contributed by atoms with Gasteiger partial charge in [-0.15, -0.1) is 11.8 Å². The maximum atomic E-state index is 14.0. The van der Waals surface area contributed by atoms with Crippen LogP contribution in [0.15, 0.2) is 58.3 Å². The van der Waals surface area contributed by atoms with Gasteiger partial charge in [-0.1, -0.05) is 48.2 Å². The largest absolute Gasteiger partial charge is 0.466 e. The van der Waals surface area contributed by atoms with Gasteiger partial charge >= 0.3 is 5.97 Å². The molecule has 0 heterocycles. The number of esters is 1. The van der Waals surface area contributed by atoms with Crippen molar-refractivity contribution in [2.75, 3.05) is 6.61 Å². The van der Waals surface area contributed by atoms with Crippen molar-refractivity contribution >= 4 is 28.5 Å². The topological polar surface area (TPSA) is 63.6 Å². The summed E-state index contributed by atoms with van der Waals surface area (Å²) < 4.78 is 18.2. The van der Waals surface area contributed by atoms with Gasteiger partial charge in [-0.3, -0.25) is 9.00 Å². The van der Waals surface area contributed by atoms with Gasteiger partial charge < -0.3 is 9.84 Å². The van der Waals surface area contributed by atoms with Gasteiger partial charge in [-0.05, 0) is 57.9 Å². The van der Waals surface area contributed by atoms with Crippen LogP contribution < -0.4 is 0 Å². The van der Waals surface area contributed by atoms with Crippen molar-refractivity contribution in [3.8, 4) is 0 Å². The smallest absolute Gasteiger partial charge is 0.308 e. The number of thioether (sulfide) groups is 1. The van der Waals surface area contributed by atoms with Crippen molar-refractivity contribution in [2.45, 2.75) is 72.3 Å². The summed E-state index contributed by atoms with van der Waals surface area (Å²) in [4.78, 5) is 14.0. The van der Waals surface area contributed by atoms with Crippen molar-refractivity contribution in [1.82, 2.24) is 0 Å². The SMILES string of the molecule is CCOC(=O)C[C@@]1(O)CCCC[C@@]1(Sc1ccc(C)cc1)S(=O)c1ccc(C)cc1. The van der Waals surface area contributed by atoms with Crippen LogP contribution in [0.25, 0.3) is 0 Å². The Hall–Kier alpha value is -1.63. The standard InChI is InChI=1S/C24H30O4S2/c1-4-28-22(25)17-23(26)15-5-6-16-24(23,29-20-11-7-18(2)8-12-20)30(27)21-13-9-19(3)10-14-21/h7-14,26H,4-6,15-17H2,1-3H3/t23-,24+,30?/m0/s1. The molecule has 0 spiro atoms. The Morgan fingerprint density at radius 2 is 1.60 bits per heavy atom. The monoisotopic (exact) mass is 446 g/mol. The van der Waals surface area contributed by atoms with Gasteiger partial charge in [0.05, 0.1) is 23.8 Å². The van der Waals surface area contributed by atoms with E-state index < -0.39 is 26.4 Å². The summed E-state index contributed by atoms with van der Waals surface area (Å²) in [6, 6.07) is 15.6. The number of carbonyl (C=O) groups is 1. The van der Waals surface area contributed by atoms with Gasteiger partial charge in [0.25, 0.3) is 0 Å². The molecule has 0 saturated heterocycles. The van der Waals surface area contributed by atoms with E-state index in [4.69, 9.17) is 4.74 Å². The summed E-state index contributed by atoms with van der Waals surface area (Å²) in [7, 11) is -1.53. The number of carbonyl (C=O) groups excluding carboxylic acids is 1. The number of ether oxygens (including phenoxy) is 1. The third-order valence-corrected chi connectivity index (χ3v) is 9.64. The Labute approximate surface area is 185 Å². The molecule has 0 amide bonds. The highest BCUT2D eigenvalue weighted by Crippen LogP contribution is 2.54. The van der Waals surface area contributed by atoms with E-state index in [9.17, 15) is 14.1 Å². The maximum absolute atomic E-state index is 14.0. The first-order valence-electron chi connectivity index (χ1n) is 10.4. The maximum Gasteiger partial charge on any atom is 0.308 e. The van der Waals surface area contributed by atoms with Crippen molar-refractivity contribution in [1.29, 1.82) is 0 Å². The summed E-state index contributed by atoms with van der Waals surface area (Å²) in [6.07, 6.45) is 2.46. The first-order chi connectivity index (χ1) is 14.3. The highest BCUT2D eigenvalue weighted by molar-refractivity contribution is 8.12. The van der Waals surface area contributed by atoms with Crippen molar-refractivity contribution in [3.63, 3.8) is 0 Å². The highest BCUT2D eigenvalue weighted by Gasteiger charge is 2.58. The van der Waals surface area contributed by atoms with Gasteiger partial charge in [-0.25, -0.2) is 0 Å². The normalized spacial score (nSPS) is 24.9. The molecule has 1 aliphatic carbocycles. The lowest BCUT2D eigenvalue weighted by Gasteiger charge is -2.48. The van der Waals surface area contributed by atoms with Gasteiger partial charge in [0, 0.05) is 9.79 Å². The third kappa shape index (κ3) is 4.82. The molecule has 1 unspecified atom stereocenters. The zero-order valence-corrected chi connectivity index (χ0v) is 19.5. The lowest BCUT2D eigenvalue weighted by atomic mass is 9.81. The van der Waals surface area contributed by atoms with Crippen LogP contribution in [0.1, 0.15) is 50.2 Å². The van der Waals surface area contributed by atoms with Crippen LogP contribution in [0, 0.1) is 13.8 Å². The van der Waals surface area contributed by atoms with Crippen LogP contribution in [-0.4, -0.2) is 31.6 Å². The van der Waals surface area contributed by atoms with Crippen LogP contribution in [0.5, 0.6) is 0 Å². The lowest BCUT2D eigenvalue weighted by molar-refractivity contribution is -0.150. The number of rotatable bonds is 7. The molecule has 30 heavy (non-hydrogen) atoms. The molecule has 4 nitrogen and oxygen atoms in total. The van der Waals surface area contributed by atoms with Crippen LogP contribution in [0.4, 0.5) is 0 Å². The second kappa shape index (κ2) is 9.67. The summed E-state index contributed by atoms with van der Waals surface area (Å²) in [5, 5.41) is 11.9. The fraction of sp³-hybridized carbons (Fsp3) is 0.458. The molecule has 0 bridgehead atoms. The number of hydrogen-bond acceptors (Lipinski definition) is 5. The minimum Gasteiger partial charge on any atom is -0.466 e. The fourth-order valence-corrected chi connectivity index (χ4v) is 7.73. The molecule has 162 valence electrons. The zero-order valence-electron chi connectivity index (χ0n) is 17.8. The second-order valence-electron chi connectivity index (χ2n) is 7.97. The molecule has 0 aliphatic heterocycles. The van der Waals surface area contributed by atoms with Crippen molar-refractivity contribution in [3.05, 3.63) is 59.7 Å². The molecule has 1 N–H and O–H groups in total. The van der Waals surface area contributed by atoms with E-state index in [1.54, 1.807) is 6.92 Å². The molecule has 2 aromatic rings. The molecule has 3 rings (SSSR count). The van der Waals surface area contributed by atoms with Gasteiger partial charge in [0.15, 0.2) is 0 Å². The second-order valence-corrected chi connectivity index (χ2v) is 11.3. The van der Waals surface area contributed by atoms with E-state index in [-0.39, 0.29) is 13.0 Å². The van der Waals surface area contributed by atoms with Crippen molar-refractivity contribution < 1.29 is 18.8 Å². The Balaban J connectivity index is 2.08. The summed E-state index contributed by atoms with van der Waals surface area (Å²) >= 11 is 1.44. The number of aliphatic hydroxyl groups is 1. The molecule has 2 aromatic carbocycles. The average molecular weight is 447 g/mol. The molecule has 1 saturated carbocycles. The van der Waals surface area contributed by atoms with Gasteiger partial charge in [-0.2, -0.15) is 0 Å². The first-order valence-corrected chi connectivity index (χ1v) is 12.4. The van der Waals surface area contributed by atoms with Crippen LogP contribution in [0.2, 0.25) is 0 Å². The van der Waals surface area contributed by atoms with E-state index in [0.717, 1.165) is 28.9 Å². The Kier molecular flexibility index (Phi) is 7.43. The fourth-order valence-electron chi connectivity index (χ4n) is 3.97. The molecular weight excluding hydrogens is 416 g/mol. The third-order valence-electron chi connectivity index (χ3n) is 5.64. The number of benzene rings is 2. The van der Waals surface area contributed by atoms with Crippen LogP contribution >= 0.6 is 11.8 Å². The minimum absolute atomic E-state index is 0.155. The van der Waals surface area contributed by atoms with Crippen LogP contribution in [0.3, 0.4) is 0 Å². The molecular formula is C24H30O4S2. The Morgan fingerprint density at radius 3 is 2.20 bits per heavy atom. The van der Waals surface area contributed by atoms with E-state index in [2.05, 4.69) is 0 Å². The van der Waals surface area contributed by atoms with E-state index >= 15 is 0 Å². The number of aryl methyl sites for hydroxylation is 2. The summed E-state index contributed by atoms with van der Waals surface area (Å²) in [6.45, 7) is 6.02. The summed E-state index contributed by atoms with van der Waals surface area (Å²) in [5.41, 5.74) is 0.794. The van der Waals surface area contributed by atoms with Gasteiger partial charge in [0.2, 0.25) is 0 Å². The molecule has 0 aromatic heterocycles. The highest BCUT2D eigenvalue weighted by atomic mass is 32.2. The minimum atomic E-state index is -1.53. The van der Waals surface area contributed by atoms with E-state index in [0.29, 0.717) is 17.7 Å². The predicted octanol–water partition coefficient (Wildman–Crippen LogP) is 5.16. The summed E-state index contributed by atoms with van der Waals surface area (Å²) in [5.74, 6) is -0.448. The molecule has 0 radical (unpaired) electrons. The lowest BCUT2D eigenvalue weighted by Crippen LogP contribution is -2.57. The van der Waals surface area contributed by atoms with Gasteiger partial charge in [0.1, 0.15) is 9.68 Å². The Morgan fingerprint density at radius 1 is 1.03 bits per heavy atom. The van der Waals surface area contributed by atoms with E-state index in [1.807, 2.05) is 62.4 Å². The molecule has 6 heteroatoms.